The number of rotatable bonds is 6. The van der Waals surface area contributed by atoms with Gasteiger partial charge in [0.25, 0.3) is 0 Å². The third-order valence-corrected chi connectivity index (χ3v) is 7.13. The Morgan fingerprint density at radius 1 is 1.17 bits per heavy atom. The number of hydrogen-bond donors (Lipinski definition) is 1. The van der Waals surface area contributed by atoms with Crippen LogP contribution in [0.4, 0.5) is 0 Å². The number of benzene rings is 2. The molecule has 4 heteroatoms. The van der Waals surface area contributed by atoms with Gasteiger partial charge < -0.3 is 14.7 Å². The van der Waals surface area contributed by atoms with E-state index in [9.17, 15) is 9.90 Å². The first-order chi connectivity index (χ1) is 14.4. The third kappa shape index (κ3) is 4.17. The second-order valence-electron chi connectivity index (χ2n) is 9.52. The van der Waals surface area contributed by atoms with Crippen molar-refractivity contribution in [3.05, 3.63) is 65.7 Å². The van der Waals surface area contributed by atoms with Crippen LogP contribution in [0.15, 0.2) is 54.6 Å². The molecule has 2 aliphatic rings. The minimum atomic E-state index is -0.873. The molecule has 2 bridgehead atoms. The number of hydrogen-bond acceptors (Lipinski definition) is 4. The predicted octanol–water partition coefficient (Wildman–Crippen LogP) is 4.58. The normalized spacial score (nSPS) is 29.0. The van der Waals surface area contributed by atoms with Gasteiger partial charge in [0.1, 0.15) is 5.75 Å². The van der Waals surface area contributed by atoms with E-state index in [2.05, 4.69) is 19.0 Å². The van der Waals surface area contributed by atoms with Gasteiger partial charge in [0, 0.05) is 12.5 Å². The molecule has 160 valence electrons. The van der Waals surface area contributed by atoms with Crippen LogP contribution < -0.4 is 4.74 Å². The molecule has 0 amide bonds. The maximum Gasteiger partial charge on any atom is 0.318 e. The minimum Gasteiger partial charge on any atom is -0.426 e. The van der Waals surface area contributed by atoms with Crippen LogP contribution >= 0.6 is 0 Å². The first-order valence-corrected chi connectivity index (χ1v) is 11.1. The van der Waals surface area contributed by atoms with E-state index in [0.717, 1.165) is 24.1 Å². The number of carbonyl (C=O) groups excluding carboxylic acids is 1. The molecule has 0 radical (unpaired) electrons. The van der Waals surface area contributed by atoms with Crippen molar-refractivity contribution in [2.45, 2.75) is 44.1 Å². The van der Waals surface area contributed by atoms with Crippen molar-refractivity contribution in [2.24, 2.45) is 17.8 Å². The first-order valence-electron chi connectivity index (χ1n) is 11.1. The Labute approximate surface area is 179 Å². The molecule has 2 fully saturated rings. The fraction of sp³-hybridized carbons (Fsp3) is 0.500. The maximum absolute atomic E-state index is 12.7. The minimum absolute atomic E-state index is 0.195. The molecular weight excluding hydrogens is 374 g/mol. The molecule has 0 heterocycles. The maximum atomic E-state index is 12.7. The van der Waals surface area contributed by atoms with Gasteiger partial charge in [0.05, 0.1) is 11.5 Å². The fourth-order valence-corrected chi connectivity index (χ4v) is 5.58. The smallest absolute Gasteiger partial charge is 0.318 e. The van der Waals surface area contributed by atoms with Crippen molar-refractivity contribution in [2.75, 3.05) is 20.6 Å². The van der Waals surface area contributed by atoms with Crippen LogP contribution in [0.25, 0.3) is 0 Å². The number of nitrogens with zero attached hydrogens (tertiary/aromatic N) is 1. The topological polar surface area (TPSA) is 49.8 Å². The Morgan fingerprint density at radius 3 is 2.67 bits per heavy atom. The van der Waals surface area contributed by atoms with Gasteiger partial charge in [-0.3, -0.25) is 4.79 Å². The monoisotopic (exact) mass is 407 g/mol. The van der Waals surface area contributed by atoms with Gasteiger partial charge in [-0.05, 0) is 75.4 Å². The summed E-state index contributed by atoms with van der Waals surface area (Å²) in [5.74, 6) is 1.22. The molecule has 2 saturated carbocycles. The van der Waals surface area contributed by atoms with Crippen molar-refractivity contribution >= 4 is 5.97 Å². The van der Waals surface area contributed by atoms with Crippen LogP contribution in [-0.2, 0) is 10.4 Å². The molecule has 5 atom stereocenters. The van der Waals surface area contributed by atoms with Crippen LogP contribution in [0.5, 0.6) is 5.75 Å². The Balaban J connectivity index is 1.57. The summed E-state index contributed by atoms with van der Waals surface area (Å²) in [6, 6.07) is 17.2. The lowest BCUT2D eigenvalue weighted by Crippen LogP contribution is -2.47. The van der Waals surface area contributed by atoms with Crippen molar-refractivity contribution in [1.82, 2.24) is 4.90 Å². The lowest BCUT2D eigenvalue weighted by Gasteiger charge is -2.45. The highest BCUT2D eigenvalue weighted by Crippen LogP contribution is 2.54. The Morgan fingerprint density at radius 2 is 1.93 bits per heavy atom. The van der Waals surface area contributed by atoms with Crippen molar-refractivity contribution in [1.29, 1.82) is 0 Å². The molecule has 0 aromatic heterocycles. The van der Waals surface area contributed by atoms with E-state index in [4.69, 9.17) is 4.74 Å². The predicted molar refractivity (Wildman–Crippen MR) is 118 cm³/mol. The largest absolute Gasteiger partial charge is 0.426 e. The zero-order valence-corrected chi connectivity index (χ0v) is 18.3. The lowest BCUT2D eigenvalue weighted by molar-refractivity contribution is -0.135. The van der Waals surface area contributed by atoms with Crippen molar-refractivity contribution in [3.8, 4) is 5.75 Å². The zero-order chi connectivity index (χ0) is 21.3. The van der Waals surface area contributed by atoms with E-state index in [1.165, 1.54) is 19.3 Å². The molecule has 2 aliphatic carbocycles. The lowest BCUT2D eigenvalue weighted by atomic mass is 9.66. The quantitative estimate of drug-likeness (QED) is 0.562. The summed E-state index contributed by atoms with van der Waals surface area (Å²) in [4.78, 5) is 14.9. The first kappa shape index (κ1) is 21.1. The SMILES string of the molecule is CC(C(=O)Oc1cccc(C2(O)CC3CCC(C3)C2CN(C)C)c1)c1ccccc1. The van der Waals surface area contributed by atoms with Crippen LogP contribution in [0.3, 0.4) is 0 Å². The number of esters is 1. The van der Waals surface area contributed by atoms with Gasteiger partial charge in [0.15, 0.2) is 0 Å². The molecule has 4 nitrogen and oxygen atoms in total. The van der Waals surface area contributed by atoms with Crippen LogP contribution in [0.2, 0.25) is 0 Å². The summed E-state index contributed by atoms with van der Waals surface area (Å²) in [7, 11) is 4.15. The number of fused-ring (bicyclic) bond motifs is 2. The van der Waals surface area contributed by atoms with Gasteiger partial charge in [-0.15, -0.1) is 0 Å². The average molecular weight is 408 g/mol. The van der Waals surface area contributed by atoms with Gasteiger partial charge in [-0.1, -0.05) is 48.9 Å². The average Bonchev–Trinajstić information content (AvgIpc) is 3.14. The molecule has 30 heavy (non-hydrogen) atoms. The molecular formula is C26H33NO3. The van der Waals surface area contributed by atoms with Crippen molar-refractivity contribution in [3.63, 3.8) is 0 Å². The fourth-order valence-electron chi connectivity index (χ4n) is 5.58. The number of ether oxygens (including phenoxy) is 1. The van der Waals surface area contributed by atoms with Crippen molar-refractivity contribution < 1.29 is 14.6 Å². The number of carbonyl (C=O) groups is 1. The Bertz CT molecular complexity index is 881. The number of aliphatic hydroxyl groups is 1. The Kier molecular flexibility index (Phi) is 5.99. The summed E-state index contributed by atoms with van der Waals surface area (Å²) >= 11 is 0. The summed E-state index contributed by atoms with van der Waals surface area (Å²) in [6.07, 6.45) is 4.43. The molecule has 2 aromatic carbocycles. The molecule has 1 N–H and O–H groups in total. The van der Waals surface area contributed by atoms with Gasteiger partial charge in [-0.25, -0.2) is 0 Å². The van der Waals surface area contributed by atoms with E-state index in [1.807, 2.05) is 55.5 Å². The summed E-state index contributed by atoms with van der Waals surface area (Å²) in [5, 5.41) is 11.9. The van der Waals surface area contributed by atoms with Crippen LogP contribution in [-0.4, -0.2) is 36.6 Å². The summed E-state index contributed by atoms with van der Waals surface area (Å²) in [6.45, 7) is 2.73. The van der Waals surface area contributed by atoms with Crippen LogP contribution in [0.1, 0.15) is 49.7 Å². The standard InChI is InChI=1S/C26H33NO3/c1-18(20-8-5-4-6-9-20)25(28)30-23-11-7-10-22(15-23)26(29)16-19-12-13-21(14-19)24(26)17-27(2)3/h4-11,15,18-19,21,24,29H,12-14,16-17H2,1-3H3. The molecule has 0 saturated heterocycles. The second-order valence-corrected chi connectivity index (χ2v) is 9.52. The van der Waals surface area contributed by atoms with Crippen LogP contribution in [0, 0.1) is 17.8 Å². The molecule has 5 unspecified atom stereocenters. The second kappa shape index (κ2) is 8.52. The van der Waals surface area contributed by atoms with Gasteiger partial charge in [-0.2, -0.15) is 0 Å². The summed E-state index contributed by atoms with van der Waals surface area (Å²) < 4.78 is 5.73. The van der Waals surface area contributed by atoms with E-state index in [1.54, 1.807) is 6.07 Å². The highest BCUT2D eigenvalue weighted by Gasteiger charge is 2.51. The molecule has 4 rings (SSSR count). The Hall–Kier alpha value is -2.17. The molecule has 2 aromatic rings. The third-order valence-electron chi connectivity index (χ3n) is 7.13. The van der Waals surface area contributed by atoms with E-state index in [0.29, 0.717) is 17.6 Å². The highest BCUT2D eigenvalue weighted by molar-refractivity contribution is 5.79. The van der Waals surface area contributed by atoms with E-state index >= 15 is 0 Å². The van der Waals surface area contributed by atoms with Gasteiger partial charge >= 0.3 is 5.97 Å². The van der Waals surface area contributed by atoms with E-state index < -0.39 is 5.60 Å². The summed E-state index contributed by atoms with van der Waals surface area (Å²) in [5.41, 5.74) is 0.942. The molecule has 0 spiro atoms. The zero-order valence-electron chi connectivity index (χ0n) is 18.3. The van der Waals surface area contributed by atoms with E-state index in [-0.39, 0.29) is 17.8 Å². The highest BCUT2D eigenvalue weighted by atomic mass is 16.5. The molecule has 0 aliphatic heterocycles. The van der Waals surface area contributed by atoms with Gasteiger partial charge in [0.2, 0.25) is 0 Å².